The van der Waals surface area contributed by atoms with Crippen LogP contribution in [0.1, 0.15) is 10.4 Å². The number of carbonyl (C=O) groups is 1. The van der Waals surface area contributed by atoms with Gasteiger partial charge in [0.2, 0.25) is 0 Å². The van der Waals surface area contributed by atoms with Gasteiger partial charge in [0.05, 0.1) is 10.2 Å². The van der Waals surface area contributed by atoms with Gasteiger partial charge >= 0.3 is 10.2 Å². The van der Waals surface area contributed by atoms with Gasteiger partial charge in [0, 0.05) is 5.56 Å². The second kappa shape index (κ2) is 4.18. The van der Waals surface area contributed by atoms with Crippen molar-refractivity contribution in [2.45, 2.75) is 4.90 Å². The highest BCUT2D eigenvalue weighted by atomic mass is 79.9. The van der Waals surface area contributed by atoms with Gasteiger partial charge in [-0.25, -0.2) is 0 Å². The Kier molecular flexibility index (Phi) is 3.38. The third-order valence-corrected chi connectivity index (χ3v) is 2.92. The quantitative estimate of drug-likeness (QED) is 0.483. The van der Waals surface area contributed by atoms with Gasteiger partial charge in [-0.2, -0.15) is 8.42 Å². The molecule has 0 aliphatic carbocycles. The Morgan fingerprint density at radius 3 is 2.14 bits per heavy atom. The summed E-state index contributed by atoms with van der Waals surface area (Å²) in [4.78, 5) is 10.6. The van der Waals surface area contributed by atoms with E-state index in [2.05, 4.69) is 15.9 Å². The summed E-state index contributed by atoms with van der Waals surface area (Å²) in [5.41, 5.74) is 0.342. The zero-order valence-electron chi connectivity index (χ0n) is 6.91. The van der Waals surface area contributed by atoms with Crippen LogP contribution >= 0.6 is 15.9 Å². The van der Waals surface area contributed by atoms with Gasteiger partial charge in [-0.1, -0.05) is 15.9 Å². The summed E-state index contributed by atoms with van der Waals surface area (Å²) in [5.74, 6) is -0.187. The topological polar surface area (TPSA) is 51.2 Å². The van der Waals surface area contributed by atoms with E-state index in [-0.39, 0.29) is 11.1 Å². The first-order valence-electron chi connectivity index (χ1n) is 3.59. The van der Waals surface area contributed by atoms with Gasteiger partial charge in [-0.05, 0) is 24.3 Å². The fraction of sp³-hybridized carbons (Fsp3) is 0.125. The zero-order chi connectivity index (χ0) is 10.8. The zero-order valence-corrected chi connectivity index (χ0v) is 9.31. The van der Waals surface area contributed by atoms with E-state index in [1.807, 2.05) is 0 Å². The van der Waals surface area contributed by atoms with Gasteiger partial charge < -0.3 is 0 Å². The van der Waals surface area contributed by atoms with Crippen molar-refractivity contribution in [1.29, 1.82) is 0 Å². The first-order valence-corrected chi connectivity index (χ1v) is 6.09. The Morgan fingerprint density at radius 1 is 1.29 bits per heavy atom. The summed E-state index contributed by atoms with van der Waals surface area (Å²) >= 11 is 2.97. The van der Waals surface area contributed by atoms with Crippen molar-refractivity contribution in [3.63, 3.8) is 0 Å². The Morgan fingerprint density at radius 2 is 1.79 bits per heavy atom. The predicted octanol–water partition coefficient (Wildman–Crippen LogP) is 1.92. The summed E-state index contributed by atoms with van der Waals surface area (Å²) in [5, 5.41) is 0.148. The van der Waals surface area contributed by atoms with Gasteiger partial charge in [-0.15, -0.1) is 3.89 Å². The van der Waals surface area contributed by atoms with E-state index in [9.17, 15) is 17.1 Å². The summed E-state index contributed by atoms with van der Waals surface area (Å²) in [7, 11) is -4.68. The first-order chi connectivity index (χ1) is 6.45. The highest BCUT2D eigenvalue weighted by molar-refractivity contribution is 9.09. The number of carbonyl (C=O) groups excluding carboxylic acids is 1. The minimum Gasteiger partial charge on any atom is -0.293 e. The molecule has 0 saturated carbocycles. The lowest BCUT2D eigenvalue weighted by Gasteiger charge is -1.97. The minimum atomic E-state index is -4.68. The van der Waals surface area contributed by atoms with E-state index < -0.39 is 15.1 Å². The van der Waals surface area contributed by atoms with E-state index in [0.717, 1.165) is 12.1 Å². The van der Waals surface area contributed by atoms with Crippen molar-refractivity contribution in [2.75, 3.05) is 5.33 Å². The second-order valence-electron chi connectivity index (χ2n) is 2.52. The fourth-order valence-electron chi connectivity index (χ4n) is 0.881. The molecule has 76 valence electrons. The average molecular weight is 281 g/mol. The molecule has 0 fully saturated rings. The van der Waals surface area contributed by atoms with E-state index in [0.29, 0.717) is 5.56 Å². The van der Waals surface area contributed by atoms with Crippen molar-refractivity contribution in [2.24, 2.45) is 0 Å². The van der Waals surface area contributed by atoms with Crippen LogP contribution in [0.5, 0.6) is 0 Å². The molecule has 0 spiro atoms. The van der Waals surface area contributed by atoms with Crippen LogP contribution in [0.15, 0.2) is 29.2 Å². The van der Waals surface area contributed by atoms with Crippen LogP contribution in [0.3, 0.4) is 0 Å². The van der Waals surface area contributed by atoms with E-state index in [1.54, 1.807) is 0 Å². The van der Waals surface area contributed by atoms with E-state index in [4.69, 9.17) is 0 Å². The molecule has 0 aliphatic heterocycles. The van der Waals surface area contributed by atoms with Crippen LogP contribution in [0, 0.1) is 0 Å². The van der Waals surface area contributed by atoms with Crippen molar-refractivity contribution >= 4 is 31.9 Å². The monoisotopic (exact) mass is 280 g/mol. The van der Waals surface area contributed by atoms with Crippen molar-refractivity contribution in [1.82, 2.24) is 0 Å². The maximum Gasteiger partial charge on any atom is 0.332 e. The van der Waals surface area contributed by atoms with Crippen LogP contribution < -0.4 is 0 Å². The van der Waals surface area contributed by atoms with Gasteiger partial charge in [0.15, 0.2) is 5.78 Å². The molecule has 1 aromatic carbocycles. The lowest BCUT2D eigenvalue weighted by atomic mass is 10.2. The van der Waals surface area contributed by atoms with Gasteiger partial charge in [0.25, 0.3) is 0 Å². The fourth-order valence-corrected chi connectivity index (χ4v) is 1.67. The third-order valence-electron chi connectivity index (χ3n) is 1.58. The van der Waals surface area contributed by atoms with Crippen molar-refractivity contribution in [3.8, 4) is 0 Å². The predicted molar refractivity (Wildman–Crippen MR) is 52.9 cm³/mol. The molecular weight excluding hydrogens is 275 g/mol. The molecule has 0 unspecified atom stereocenters. The standard InChI is InChI=1S/C8H6BrFO3S/c9-5-8(11)6-1-3-7(4-2-6)14(10,12)13/h1-4H,5H2. The van der Waals surface area contributed by atoms with E-state index >= 15 is 0 Å². The van der Waals surface area contributed by atoms with Crippen molar-refractivity contribution < 1.29 is 17.1 Å². The molecule has 0 radical (unpaired) electrons. The second-order valence-corrected chi connectivity index (χ2v) is 4.43. The average Bonchev–Trinajstić information content (AvgIpc) is 2.15. The normalized spacial score (nSPS) is 11.3. The summed E-state index contributed by atoms with van der Waals surface area (Å²) < 4.78 is 33.3. The molecule has 0 aromatic heterocycles. The number of alkyl halides is 1. The highest BCUT2D eigenvalue weighted by Crippen LogP contribution is 2.13. The molecule has 1 rings (SSSR count). The third kappa shape index (κ3) is 2.62. The molecule has 1 aromatic rings. The number of hydrogen-bond donors (Lipinski definition) is 0. The van der Waals surface area contributed by atoms with Crippen molar-refractivity contribution in [3.05, 3.63) is 29.8 Å². The largest absolute Gasteiger partial charge is 0.332 e. The van der Waals surface area contributed by atoms with Crippen LogP contribution in [0.25, 0.3) is 0 Å². The lowest BCUT2D eigenvalue weighted by molar-refractivity contribution is 0.102. The Hall–Kier alpha value is -0.750. The van der Waals surface area contributed by atoms with E-state index in [1.165, 1.54) is 12.1 Å². The van der Waals surface area contributed by atoms with Crippen LogP contribution in [-0.2, 0) is 10.2 Å². The van der Waals surface area contributed by atoms with Crippen LogP contribution in [-0.4, -0.2) is 19.5 Å². The summed E-state index contributed by atoms with van der Waals surface area (Å²) in [6, 6.07) is 4.67. The molecule has 0 aliphatic rings. The molecule has 0 N–H and O–H groups in total. The molecule has 0 amide bonds. The molecular formula is C8H6BrFO3S. The SMILES string of the molecule is O=C(CBr)c1ccc(S(=O)(=O)F)cc1. The molecule has 6 heteroatoms. The summed E-state index contributed by atoms with van der Waals surface area (Å²) in [6.45, 7) is 0. The number of benzene rings is 1. The molecule has 14 heavy (non-hydrogen) atoms. The number of rotatable bonds is 3. The molecule has 0 saturated heterocycles. The van der Waals surface area contributed by atoms with Gasteiger partial charge in [0.1, 0.15) is 0 Å². The number of ketones is 1. The van der Waals surface area contributed by atoms with Crippen LogP contribution in [0.4, 0.5) is 3.89 Å². The highest BCUT2D eigenvalue weighted by Gasteiger charge is 2.12. The number of halogens is 2. The molecule has 0 bridgehead atoms. The Labute approximate surface area is 89.3 Å². The molecule has 0 heterocycles. The minimum absolute atomic E-state index is 0.148. The first kappa shape index (κ1) is 11.3. The number of Topliss-reactive ketones (excluding diaryl/α,β-unsaturated/α-hetero) is 1. The Bertz CT molecular complexity index is 438. The Balaban J connectivity index is 3.07. The lowest BCUT2D eigenvalue weighted by Crippen LogP contribution is -2.00. The maximum atomic E-state index is 12.4. The van der Waals surface area contributed by atoms with Gasteiger partial charge in [-0.3, -0.25) is 4.79 Å². The molecule has 0 atom stereocenters. The number of hydrogen-bond acceptors (Lipinski definition) is 3. The smallest absolute Gasteiger partial charge is 0.293 e. The van der Waals surface area contributed by atoms with Crippen LogP contribution in [0.2, 0.25) is 0 Å². The maximum absolute atomic E-state index is 12.4. The molecule has 3 nitrogen and oxygen atoms in total. The summed E-state index contributed by atoms with van der Waals surface area (Å²) in [6.07, 6.45) is 0.